The quantitative estimate of drug-likeness (QED) is 0.868. The highest BCUT2D eigenvalue weighted by atomic mass is 19.1. The van der Waals surface area contributed by atoms with Crippen LogP contribution in [0.1, 0.15) is 36.7 Å². The third kappa shape index (κ3) is 4.42. The van der Waals surface area contributed by atoms with Crippen LogP contribution in [-0.4, -0.2) is 45.2 Å². The summed E-state index contributed by atoms with van der Waals surface area (Å²) in [6.07, 6.45) is 5.64. The van der Waals surface area contributed by atoms with E-state index in [1.54, 1.807) is 18.5 Å². The van der Waals surface area contributed by atoms with Gasteiger partial charge in [-0.3, -0.25) is 9.69 Å². The third-order valence-corrected chi connectivity index (χ3v) is 4.64. The molecule has 1 aromatic heterocycles. The number of likely N-dealkylation sites (tertiary alicyclic amines) is 1. The molecule has 1 atom stereocenters. The van der Waals surface area contributed by atoms with E-state index in [1.807, 2.05) is 11.6 Å². The van der Waals surface area contributed by atoms with Crippen LogP contribution in [0, 0.1) is 5.82 Å². The van der Waals surface area contributed by atoms with Crippen molar-refractivity contribution in [2.75, 3.05) is 19.6 Å². The zero-order valence-electron chi connectivity index (χ0n) is 14.5. The van der Waals surface area contributed by atoms with Crippen LogP contribution >= 0.6 is 0 Å². The molecule has 25 heavy (non-hydrogen) atoms. The molecule has 1 saturated heterocycles. The van der Waals surface area contributed by atoms with E-state index in [1.165, 1.54) is 18.6 Å². The summed E-state index contributed by atoms with van der Waals surface area (Å²) in [5.41, 5.74) is 0.833. The second-order valence-electron chi connectivity index (χ2n) is 6.45. The zero-order valence-corrected chi connectivity index (χ0v) is 14.5. The number of carbonyl (C=O) groups is 1. The predicted octanol–water partition coefficient (Wildman–Crippen LogP) is 1.84. The van der Waals surface area contributed by atoms with E-state index in [0.717, 1.165) is 37.3 Å². The summed E-state index contributed by atoms with van der Waals surface area (Å²) in [4.78, 5) is 15.0. The van der Waals surface area contributed by atoms with Gasteiger partial charge in [0.2, 0.25) is 5.91 Å². The van der Waals surface area contributed by atoms with E-state index in [0.29, 0.717) is 13.0 Å². The van der Waals surface area contributed by atoms with Crippen LogP contribution in [0.4, 0.5) is 4.39 Å². The molecule has 0 spiro atoms. The van der Waals surface area contributed by atoms with Crippen molar-refractivity contribution in [2.45, 2.75) is 31.7 Å². The molecule has 0 saturated carbocycles. The van der Waals surface area contributed by atoms with E-state index in [2.05, 4.69) is 20.4 Å². The lowest BCUT2D eigenvalue weighted by molar-refractivity contribution is -0.127. The minimum Gasteiger partial charge on any atom is -0.354 e. The number of hydrogen-bond acceptors (Lipinski definition) is 4. The van der Waals surface area contributed by atoms with Crippen molar-refractivity contribution < 1.29 is 9.18 Å². The maximum absolute atomic E-state index is 13.3. The third-order valence-electron chi connectivity index (χ3n) is 4.64. The minimum atomic E-state index is -0.375. The molecule has 2 heterocycles. The molecule has 2 aromatic rings. The molecule has 1 amide bonds. The Morgan fingerprint density at radius 3 is 2.60 bits per heavy atom. The summed E-state index contributed by atoms with van der Waals surface area (Å²) in [6.45, 7) is 2.27. The molecule has 1 aliphatic rings. The van der Waals surface area contributed by atoms with Crippen molar-refractivity contribution >= 4 is 5.91 Å². The van der Waals surface area contributed by atoms with Gasteiger partial charge in [0.15, 0.2) is 0 Å². The van der Waals surface area contributed by atoms with Gasteiger partial charge in [-0.15, -0.1) is 10.2 Å². The average Bonchev–Trinajstić information content (AvgIpc) is 3.03. The summed E-state index contributed by atoms with van der Waals surface area (Å²) in [5, 5.41) is 10.9. The van der Waals surface area contributed by atoms with Crippen molar-refractivity contribution in [2.24, 2.45) is 7.05 Å². The Kier molecular flexibility index (Phi) is 5.75. The lowest BCUT2D eigenvalue weighted by Gasteiger charge is -2.34. The second-order valence-corrected chi connectivity index (χ2v) is 6.45. The van der Waals surface area contributed by atoms with Gasteiger partial charge in [-0.1, -0.05) is 18.6 Å². The van der Waals surface area contributed by atoms with E-state index in [9.17, 15) is 9.18 Å². The SMILES string of the molecule is Cn1cnnc1CCNC(=O)[C@H](c1ccc(F)cc1)N1CCCCC1. The number of nitrogens with zero attached hydrogens (tertiary/aromatic N) is 4. The molecule has 7 heteroatoms. The molecule has 1 N–H and O–H groups in total. The van der Waals surface area contributed by atoms with E-state index >= 15 is 0 Å². The standard InChI is InChI=1S/C18H24FN5O/c1-23-13-21-22-16(23)9-10-20-18(25)17(24-11-3-2-4-12-24)14-5-7-15(19)8-6-14/h5-8,13,17H,2-4,9-12H2,1H3,(H,20,25)/t17-/m0/s1. The number of amides is 1. The number of nitrogens with one attached hydrogen (secondary N) is 1. The maximum Gasteiger partial charge on any atom is 0.241 e. The van der Waals surface area contributed by atoms with E-state index in [4.69, 9.17) is 0 Å². The first kappa shape index (κ1) is 17.5. The van der Waals surface area contributed by atoms with Gasteiger partial charge in [-0.25, -0.2) is 4.39 Å². The fourth-order valence-electron chi connectivity index (χ4n) is 3.28. The first-order valence-electron chi connectivity index (χ1n) is 8.75. The molecule has 3 rings (SSSR count). The molecule has 0 unspecified atom stereocenters. The predicted molar refractivity (Wildman–Crippen MR) is 92.3 cm³/mol. The molecule has 0 radical (unpaired) electrons. The van der Waals surface area contributed by atoms with Gasteiger partial charge >= 0.3 is 0 Å². The molecule has 1 fully saturated rings. The van der Waals surface area contributed by atoms with Crippen LogP contribution in [0.5, 0.6) is 0 Å². The number of aromatic nitrogens is 3. The first-order valence-corrected chi connectivity index (χ1v) is 8.75. The van der Waals surface area contributed by atoms with Crippen molar-refractivity contribution in [1.29, 1.82) is 0 Å². The molecule has 6 nitrogen and oxygen atoms in total. The van der Waals surface area contributed by atoms with Crippen LogP contribution in [0.25, 0.3) is 0 Å². The Bertz CT molecular complexity index is 694. The summed E-state index contributed by atoms with van der Waals surface area (Å²) in [5.74, 6) is 0.496. The van der Waals surface area contributed by atoms with Gasteiger partial charge in [-0.2, -0.15) is 0 Å². The molecule has 0 aliphatic carbocycles. The summed E-state index contributed by atoms with van der Waals surface area (Å²) < 4.78 is 15.1. The summed E-state index contributed by atoms with van der Waals surface area (Å²) in [7, 11) is 1.88. The van der Waals surface area contributed by atoms with Gasteiger partial charge in [0.25, 0.3) is 0 Å². The van der Waals surface area contributed by atoms with Gasteiger partial charge in [0.1, 0.15) is 24.0 Å². The summed E-state index contributed by atoms with van der Waals surface area (Å²) in [6, 6.07) is 5.87. The van der Waals surface area contributed by atoms with Crippen LogP contribution in [0.2, 0.25) is 0 Å². The van der Waals surface area contributed by atoms with Crippen molar-refractivity contribution in [1.82, 2.24) is 25.0 Å². The Balaban J connectivity index is 1.68. The molecular formula is C18H24FN5O. The van der Waals surface area contributed by atoms with Crippen LogP contribution in [0.3, 0.4) is 0 Å². The fourth-order valence-corrected chi connectivity index (χ4v) is 3.28. The highest BCUT2D eigenvalue weighted by Gasteiger charge is 2.28. The topological polar surface area (TPSA) is 63.1 Å². The number of hydrogen-bond donors (Lipinski definition) is 1. The zero-order chi connectivity index (χ0) is 17.6. The van der Waals surface area contributed by atoms with Gasteiger partial charge < -0.3 is 9.88 Å². The largest absolute Gasteiger partial charge is 0.354 e. The van der Waals surface area contributed by atoms with Crippen LogP contribution < -0.4 is 5.32 Å². The number of rotatable bonds is 6. The molecular weight excluding hydrogens is 321 g/mol. The average molecular weight is 345 g/mol. The number of carbonyl (C=O) groups excluding carboxylic acids is 1. The van der Waals surface area contributed by atoms with Gasteiger partial charge in [-0.05, 0) is 43.6 Å². The van der Waals surface area contributed by atoms with Gasteiger partial charge in [0, 0.05) is 20.0 Å². The number of benzene rings is 1. The molecule has 1 aromatic carbocycles. The molecule has 1 aliphatic heterocycles. The first-order chi connectivity index (χ1) is 12.1. The molecule has 134 valence electrons. The molecule has 0 bridgehead atoms. The number of piperidine rings is 1. The Morgan fingerprint density at radius 1 is 1.24 bits per heavy atom. The van der Waals surface area contributed by atoms with Crippen LogP contribution in [0.15, 0.2) is 30.6 Å². The van der Waals surface area contributed by atoms with Crippen molar-refractivity contribution in [3.8, 4) is 0 Å². The maximum atomic E-state index is 13.3. The van der Waals surface area contributed by atoms with Crippen molar-refractivity contribution in [3.63, 3.8) is 0 Å². The Hall–Kier alpha value is -2.28. The Labute approximate surface area is 147 Å². The number of halogens is 1. The normalized spacial score (nSPS) is 16.6. The lowest BCUT2D eigenvalue weighted by atomic mass is 10.0. The highest BCUT2D eigenvalue weighted by Crippen LogP contribution is 2.25. The summed E-state index contributed by atoms with van der Waals surface area (Å²) >= 11 is 0. The fraction of sp³-hybridized carbons (Fsp3) is 0.500. The Morgan fingerprint density at radius 2 is 1.96 bits per heavy atom. The smallest absolute Gasteiger partial charge is 0.241 e. The van der Waals surface area contributed by atoms with E-state index in [-0.39, 0.29) is 17.8 Å². The lowest BCUT2D eigenvalue weighted by Crippen LogP contribution is -2.43. The van der Waals surface area contributed by atoms with Crippen molar-refractivity contribution in [3.05, 3.63) is 47.8 Å². The minimum absolute atomic E-state index is 0.0457. The monoisotopic (exact) mass is 345 g/mol. The number of aryl methyl sites for hydroxylation is 1. The van der Waals surface area contributed by atoms with Crippen LogP contribution in [-0.2, 0) is 18.3 Å². The van der Waals surface area contributed by atoms with E-state index < -0.39 is 0 Å². The highest BCUT2D eigenvalue weighted by molar-refractivity contribution is 5.83. The van der Waals surface area contributed by atoms with Gasteiger partial charge in [0.05, 0.1) is 0 Å². The second kappa shape index (κ2) is 8.20.